The zero-order valence-electron chi connectivity index (χ0n) is 12.5. The molecule has 1 saturated heterocycles. The molecule has 2 fully saturated rings. The summed E-state index contributed by atoms with van der Waals surface area (Å²) < 4.78 is 13.9. The Morgan fingerprint density at radius 2 is 2.05 bits per heavy atom. The first-order valence-corrected chi connectivity index (χ1v) is 7.87. The highest BCUT2D eigenvalue weighted by molar-refractivity contribution is 5.79. The molecule has 3 rings (SSSR count). The maximum absolute atomic E-state index is 13.9. The van der Waals surface area contributed by atoms with E-state index in [9.17, 15) is 9.18 Å². The summed E-state index contributed by atoms with van der Waals surface area (Å²) in [5.74, 6) is -0.0398. The number of nitriles is 1. The number of hydrogen-bond acceptors (Lipinski definition) is 3. The normalized spacial score (nSPS) is 19.6. The molecule has 0 aromatic heterocycles. The maximum Gasteiger partial charge on any atom is 0.223 e. The molecule has 0 unspecified atom stereocenters. The Balaban J connectivity index is 1.51. The molecule has 2 aliphatic rings. The highest BCUT2D eigenvalue weighted by Gasteiger charge is 2.29. The second-order valence-corrected chi connectivity index (χ2v) is 6.25. The Labute approximate surface area is 129 Å². The van der Waals surface area contributed by atoms with E-state index in [4.69, 9.17) is 5.26 Å². The Kier molecular flexibility index (Phi) is 4.39. The van der Waals surface area contributed by atoms with Crippen molar-refractivity contribution in [3.63, 3.8) is 0 Å². The Morgan fingerprint density at radius 3 is 2.64 bits per heavy atom. The summed E-state index contributed by atoms with van der Waals surface area (Å²) in [5.41, 5.74) is 0.955. The molecule has 1 saturated carbocycles. The van der Waals surface area contributed by atoms with Crippen molar-refractivity contribution >= 4 is 5.91 Å². The number of hydrogen-bond donors (Lipinski definition) is 1. The average molecular weight is 301 g/mol. The van der Waals surface area contributed by atoms with Crippen LogP contribution in [0.5, 0.6) is 0 Å². The van der Waals surface area contributed by atoms with Gasteiger partial charge in [-0.3, -0.25) is 9.69 Å². The van der Waals surface area contributed by atoms with Gasteiger partial charge in [0.1, 0.15) is 5.82 Å². The van der Waals surface area contributed by atoms with Crippen LogP contribution in [0.25, 0.3) is 0 Å². The third-order valence-corrected chi connectivity index (χ3v) is 4.46. The van der Waals surface area contributed by atoms with E-state index in [0.29, 0.717) is 23.7 Å². The molecule has 1 amide bonds. The van der Waals surface area contributed by atoms with Gasteiger partial charge < -0.3 is 5.32 Å². The summed E-state index contributed by atoms with van der Waals surface area (Å²) >= 11 is 0. The van der Waals surface area contributed by atoms with Crippen molar-refractivity contribution in [2.75, 3.05) is 13.1 Å². The van der Waals surface area contributed by atoms with Crippen LogP contribution in [0.2, 0.25) is 0 Å². The van der Waals surface area contributed by atoms with Gasteiger partial charge in [0.15, 0.2) is 0 Å². The fraction of sp³-hybridized carbons (Fsp3) is 0.529. The Bertz CT molecular complexity index is 598. The van der Waals surface area contributed by atoms with Crippen LogP contribution in [0.15, 0.2) is 18.2 Å². The minimum atomic E-state index is -0.326. The van der Waals surface area contributed by atoms with Crippen molar-refractivity contribution in [2.45, 2.75) is 38.3 Å². The van der Waals surface area contributed by atoms with Gasteiger partial charge in [-0.15, -0.1) is 0 Å². The second kappa shape index (κ2) is 6.45. The predicted octanol–water partition coefficient (Wildman–Crippen LogP) is 2.19. The van der Waals surface area contributed by atoms with E-state index in [-0.39, 0.29) is 17.6 Å². The van der Waals surface area contributed by atoms with E-state index in [1.54, 1.807) is 12.1 Å². The van der Waals surface area contributed by atoms with Crippen LogP contribution < -0.4 is 5.32 Å². The SMILES string of the molecule is N#Cc1ccc(CN2CCC(C(=O)NC3CC3)CC2)c(F)c1. The number of carbonyl (C=O) groups is 1. The highest BCUT2D eigenvalue weighted by atomic mass is 19.1. The molecule has 0 radical (unpaired) electrons. The lowest BCUT2D eigenvalue weighted by Crippen LogP contribution is -2.40. The summed E-state index contributed by atoms with van der Waals surface area (Å²) in [5, 5.41) is 11.8. The molecule has 1 N–H and O–H groups in total. The molecule has 0 bridgehead atoms. The zero-order valence-corrected chi connectivity index (χ0v) is 12.5. The van der Waals surface area contributed by atoms with Crippen molar-refractivity contribution in [3.05, 3.63) is 35.1 Å². The molecule has 4 nitrogen and oxygen atoms in total. The standard InChI is InChI=1S/C17H20FN3O/c18-16-9-12(10-19)1-2-14(16)11-21-7-5-13(6-8-21)17(22)20-15-3-4-15/h1-2,9,13,15H,3-8,11H2,(H,20,22). The monoisotopic (exact) mass is 301 g/mol. The summed E-state index contributed by atoms with van der Waals surface area (Å²) in [7, 11) is 0. The van der Waals surface area contributed by atoms with Gasteiger partial charge in [-0.05, 0) is 50.9 Å². The topological polar surface area (TPSA) is 56.1 Å². The van der Waals surface area contributed by atoms with E-state index < -0.39 is 0 Å². The first kappa shape index (κ1) is 15.0. The van der Waals surface area contributed by atoms with Crippen molar-refractivity contribution in [2.24, 2.45) is 5.92 Å². The van der Waals surface area contributed by atoms with Gasteiger partial charge in [-0.25, -0.2) is 4.39 Å². The third kappa shape index (κ3) is 3.63. The summed E-state index contributed by atoms with van der Waals surface area (Å²) in [6.07, 6.45) is 3.89. The minimum Gasteiger partial charge on any atom is -0.353 e. The zero-order chi connectivity index (χ0) is 15.5. The lowest BCUT2D eigenvalue weighted by molar-refractivity contribution is -0.126. The van der Waals surface area contributed by atoms with E-state index in [1.807, 2.05) is 6.07 Å². The van der Waals surface area contributed by atoms with Crippen LogP contribution in [0, 0.1) is 23.1 Å². The van der Waals surface area contributed by atoms with E-state index in [2.05, 4.69) is 10.2 Å². The van der Waals surface area contributed by atoms with Gasteiger partial charge in [-0.1, -0.05) is 6.07 Å². The number of nitrogens with zero attached hydrogens (tertiary/aromatic N) is 2. The molecule has 1 aromatic rings. The molecule has 0 spiro atoms. The van der Waals surface area contributed by atoms with Gasteiger partial charge in [0, 0.05) is 24.1 Å². The van der Waals surface area contributed by atoms with Gasteiger partial charge in [0.25, 0.3) is 0 Å². The highest BCUT2D eigenvalue weighted by Crippen LogP contribution is 2.23. The van der Waals surface area contributed by atoms with Crippen LogP contribution >= 0.6 is 0 Å². The fourth-order valence-corrected chi connectivity index (χ4v) is 2.89. The summed E-state index contributed by atoms with van der Waals surface area (Å²) in [4.78, 5) is 14.2. The second-order valence-electron chi connectivity index (χ2n) is 6.25. The number of benzene rings is 1. The lowest BCUT2D eigenvalue weighted by atomic mass is 9.95. The van der Waals surface area contributed by atoms with Crippen LogP contribution in [0.4, 0.5) is 4.39 Å². The van der Waals surface area contributed by atoms with Crippen molar-refractivity contribution < 1.29 is 9.18 Å². The van der Waals surface area contributed by atoms with Crippen LogP contribution in [-0.4, -0.2) is 29.9 Å². The molecule has 1 aliphatic carbocycles. The first-order valence-electron chi connectivity index (χ1n) is 7.87. The Morgan fingerprint density at radius 1 is 1.32 bits per heavy atom. The van der Waals surface area contributed by atoms with Gasteiger partial charge >= 0.3 is 0 Å². The Hall–Kier alpha value is -1.93. The van der Waals surface area contributed by atoms with Crippen molar-refractivity contribution in [1.82, 2.24) is 10.2 Å². The minimum absolute atomic E-state index is 0.0997. The number of amides is 1. The van der Waals surface area contributed by atoms with Crippen molar-refractivity contribution in [1.29, 1.82) is 5.26 Å². The van der Waals surface area contributed by atoms with Gasteiger partial charge in [0.2, 0.25) is 5.91 Å². The largest absolute Gasteiger partial charge is 0.353 e. The molecule has 22 heavy (non-hydrogen) atoms. The number of rotatable bonds is 4. The predicted molar refractivity (Wildman–Crippen MR) is 80.3 cm³/mol. The molecular formula is C17H20FN3O. The number of halogens is 1. The molecular weight excluding hydrogens is 281 g/mol. The molecule has 1 aliphatic heterocycles. The van der Waals surface area contributed by atoms with E-state index in [1.165, 1.54) is 6.07 Å². The van der Waals surface area contributed by atoms with Crippen molar-refractivity contribution in [3.8, 4) is 6.07 Å². The number of nitrogens with one attached hydrogen (secondary N) is 1. The molecule has 1 heterocycles. The van der Waals surface area contributed by atoms with E-state index >= 15 is 0 Å². The van der Waals surface area contributed by atoms with Gasteiger partial charge in [0.05, 0.1) is 11.6 Å². The van der Waals surface area contributed by atoms with Crippen LogP contribution in [0.1, 0.15) is 36.8 Å². The molecule has 1 aromatic carbocycles. The maximum atomic E-state index is 13.9. The average Bonchev–Trinajstić information content (AvgIpc) is 3.34. The summed E-state index contributed by atoms with van der Waals surface area (Å²) in [6, 6.07) is 6.96. The number of piperidine rings is 1. The van der Waals surface area contributed by atoms with Crippen LogP contribution in [-0.2, 0) is 11.3 Å². The molecule has 116 valence electrons. The smallest absolute Gasteiger partial charge is 0.223 e. The number of likely N-dealkylation sites (tertiary alicyclic amines) is 1. The third-order valence-electron chi connectivity index (χ3n) is 4.46. The quantitative estimate of drug-likeness (QED) is 0.927. The molecule has 0 atom stereocenters. The molecule has 5 heteroatoms. The first-order chi connectivity index (χ1) is 10.7. The lowest BCUT2D eigenvalue weighted by Gasteiger charge is -2.31. The van der Waals surface area contributed by atoms with Gasteiger partial charge in [-0.2, -0.15) is 5.26 Å². The number of carbonyl (C=O) groups excluding carboxylic acids is 1. The van der Waals surface area contributed by atoms with E-state index in [0.717, 1.165) is 38.8 Å². The summed E-state index contributed by atoms with van der Waals surface area (Å²) in [6.45, 7) is 2.15. The fourth-order valence-electron chi connectivity index (χ4n) is 2.89. The van der Waals surface area contributed by atoms with Crippen LogP contribution in [0.3, 0.4) is 0 Å².